The molecule has 0 saturated carbocycles. The largest absolute Gasteiger partial charge is 0.372 e. The molecule has 0 aromatic heterocycles. The zero-order valence-electron chi connectivity index (χ0n) is 18.3. The van der Waals surface area contributed by atoms with E-state index in [0.29, 0.717) is 6.04 Å². The molecule has 2 aromatic carbocycles. The fourth-order valence-electron chi connectivity index (χ4n) is 4.13. The normalized spacial score (nSPS) is 15.8. The van der Waals surface area contributed by atoms with Crippen LogP contribution in [0.3, 0.4) is 0 Å². The lowest BCUT2D eigenvalue weighted by Gasteiger charge is -2.27. The van der Waals surface area contributed by atoms with Crippen LogP contribution in [0.1, 0.15) is 38.8 Å². The van der Waals surface area contributed by atoms with Gasteiger partial charge in [-0.25, -0.2) is 0 Å². The molecule has 152 valence electrons. The van der Waals surface area contributed by atoms with E-state index in [9.17, 15) is 0 Å². The van der Waals surface area contributed by atoms with Gasteiger partial charge in [-0.1, -0.05) is 80.6 Å². The first-order chi connectivity index (χ1) is 14.2. The maximum absolute atomic E-state index is 2.47. The molecule has 0 unspecified atom stereocenters. The molecule has 0 atom stereocenters. The van der Waals surface area contributed by atoms with Crippen molar-refractivity contribution in [2.24, 2.45) is 0 Å². The van der Waals surface area contributed by atoms with Crippen molar-refractivity contribution in [1.29, 1.82) is 0 Å². The topological polar surface area (TPSA) is 6.48 Å². The van der Waals surface area contributed by atoms with Crippen molar-refractivity contribution in [3.63, 3.8) is 0 Å². The first-order valence-electron chi connectivity index (χ1n) is 11.0. The highest BCUT2D eigenvalue weighted by atomic mass is 15.1. The van der Waals surface area contributed by atoms with E-state index in [1.807, 2.05) is 0 Å². The van der Waals surface area contributed by atoms with Gasteiger partial charge in [0.1, 0.15) is 0 Å². The molecule has 0 amide bonds. The number of hydrogen-bond donors (Lipinski definition) is 0. The predicted octanol–water partition coefficient (Wildman–Crippen LogP) is 6.17. The molecule has 0 saturated heterocycles. The molecule has 0 bridgehead atoms. The van der Waals surface area contributed by atoms with E-state index in [-0.39, 0.29) is 0 Å². The van der Waals surface area contributed by atoms with Crippen LogP contribution in [0.2, 0.25) is 0 Å². The van der Waals surface area contributed by atoms with E-state index in [2.05, 4.69) is 116 Å². The summed E-state index contributed by atoms with van der Waals surface area (Å²) in [6.07, 6.45) is 9.27. The van der Waals surface area contributed by atoms with Crippen LogP contribution in [0, 0.1) is 0 Å². The summed E-state index contributed by atoms with van der Waals surface area (Å²) < 4.78 is 0. The molecule has 2 aromatic rings. The van der Waals surface area contributed by atoms with Crippen molar-refractivity contribution < 1.29 is 0 Å². The van der Waals surface area contributed by atoms with Gasteiger partial charge >= 0.3 is 0 Å². The molecule has 1 aliphatic rings. The Balaban J connectivity index is 2.07. The SMILES string of the molecule is CCN(CC)c1cccc(C(=C2C=CC(N(CC)CC)C=C2)c2ccccc2)c1. The molecule has 0 radical (unpaired) electrons. The van der Waals surface area contributed by atoms with Gasteiger partial charge in [-0.2, -0.15) is 0 Å². The van der Waals surface area contributed by atoms with E-state index in [4.69, 9.17) is 0 Å². The number of rotatable bonds is 8. The van der Waals surface area contributed by atoms with Crippen molar-refractivity contribution in [3.05, 3.63) is 95.6 Å². The molecule has 3 rings (SSSR count). The molecule has 2 heteroatoms. The van der Waals surface area contributed by atoms with Crippen molar-refractivity contribution in [3.8, 4) is 0 Å². The molecular weight excluding hydrogens is 352 g/mol. The third-order valence-electron chi connectivity index (χ3n) is 5.79. The maximum atomic E-state index is 2.47. The number of hydrogen-bond acceptors (Lipinski definition) is 2. The Morgan fingerprint density at radius 2 is 1.34 bits per heavy atom. The van der Waals surface area contributed by atoms with Crippen molar-refractivity contribution >= 4 is 11.3 Å². The molecule has 0 fully saturated rings. The average molecular weight is 387 g/mol. The second kappa shape index (κ2) is 10.3. The Morgan fingerprint density at radius 3 is 1.93 bits per heavy atom. The zero-order valence-corrected chi connectivity index (χ0v) is 18.3. The van der Waals surface area contributed by atoms with Gasteiger partial charge in [0.15, 0.2) is 0 Å². The minimum absolute atomic E-state index is 0.382. The minimum Gasteiger partial charge on any atom is -0.372 e. The molecule has 0 spiro atoms. The highest BCUT2D eigenvalue weighted by Crippen LogP contribution is 2.32. The second-order valence-electron chi connectivity index (χ2n) is 7.35. The fourth-order valence-corrected chi connectivity index (χ4v) is 4.13. The molecule has 2 nitrogen and oxygen atoms in total. The Morgan fingerprint density at radius 1 is 0.724 bits per heavy atom. The van der Waals surface area contributed by atoms with Crippen LogP contribution in [0.4, 0.5) is 5.69 Å². The van der Waals surface area contributed by atoms with Gasteiger partial charge in [-0.15, -0.1) is 0 Å². The highest BCUT2D eigenvalue weighted by Gasteiger charge is 2.16. The third-order valence-corrected chi connectivity index (χ3v) is 5.79. The standard InChI is InChI=1S/C27H34N2/c1-5-28(6-2)25-19-17-23(18-20-25)27(22-13-10-9-11-14-22)24-15-12-16-26(21-24)29(7-3)8-4/h9-21,25H,5-8H2,1-4H3. The van der Waals surface area contributed by atoms with Crippen molar-refractivity contribution in [1.82, 2.24) is 4.90 Å². The zero-order chi connectivity index (χ0) is 20.6. The number of likely N-dealkylation sites (N-methyl/N-ethyl adjacent to an activating group) is 1. The highest BCUT2D eigenvalue weighted by molar-refractivity contribution is 5.86. The minimum atomic E-state index is 0.382. The number of anilines is 1. The van der Waals surface area contributed by atoms with E-state index in [1.54, 1.807) is 0 Å². The summed E-state index contributed by atoms with van der Waals surface area (Å²) >= 11 is 0. The molecule has 0 aliphatic heterocycles. The maximum Gasteiger partial charge on any atom is 0.0467 e. The van der Waals surface area contributed by atoms with Gasteiger partial charge in [-0.3, -0.25) is 4.90 Å². The predicted molar refractivity (Wildman–Crippen MR) is 127 cm³/mol. The number of benzene rings is 2. The first kappa shape index (κ1) is 21.1. The summed E-state index contributed by atoms with van der Waals surface area (Å²) in [6, 6.07) is 20.1. The molecule has 0 heterocycles. The number of allylic oxidation sites excluding steroid dienone is 3. The number of nitrogens with zero attached hydrogens (tertiary/aromatic N) is 2. The van der Waals surface area contributed by atoms with Crippen molar-refractivity contribution in [2.45, 2.75) is 33.7 Å². The van der Waals surface area contributed by atoms with Crippen molar-refractivity contribution in [2.75, 3.05) is 31.1 Å². The lowest BCUT2D eigenvalue weighted by atomic mass is 9.90. The second-order valence-corrected chi connectivity index (χ2v) is 7.35. The van der Waals surface area contributed by atoms with Gasteiger partial charge in [-0.05, 0) is 61.3 Å². The van der Waals surface area contributed by atoms with Crippen LogP contribution in [0.15, 0.2) is 84.5 Å². The van der Waals surface area contributed by atoms with Crippen LogP contribution in [-0.2, 0) is 0 Å². The van der Waals surface area contributed by atoms with Gasteiger partial charge in [0.25, 0.3) is 0 Å². The summed E-state index contributed by atoms with van der Waals surface area (Å²) in [6.45, 7) is 13.0. The van der Waals surface area contributed by atoms with Crippen LogP contribution < -0.4 is 4.90 Å². The average Bonchev–Trinajstić information content (AvgIpc) is 2.78. The monoisotopic (exact) mass is 386 g/mol. The lowest BCUT2D eigenvalue weighted by Crippen LogP contribution is -2.32. The summed E-state index contributed by atoms with van der Waals surface area (Å²) in [5.74, 6) is 0. The van der Waals surface area contributed by atoms with Gasteiger partial charge in [0, 0.05) is 24.8 Å². The Hall–Kier alpha value is -2.58. The first-order valence-corrected chi connectivity index (χ1v) is 11.0. The van der Waals surface area contributed by atoms with E-state index >= 15 is 0 Å². The summed E-state index contributed by atoms with van der Waals surface area (Å²) in [5.41, 5.74) is 6.38. The summed E-state index contributed by atoms with van der Waals surface area (Å²) in [7, 11) is 0. The van der Waals surface area contributed by atoms with Crippen LogP contribution in [0.5, 0.6) is 0 Å². The smallest absolute Gasteiger partial charge is 0.0467 e. The van der Waals surface area contributed by atoms with Crippen LogP contribution in [0.25, 0.3) is 5.57 Å². The van der Waals surface area contributed by atoms with E-state index in [0.717, 1.165) is 26.2 Å². The van der Waals surface area contributed by atoms with Gasteiger partial charge < -0.3 is 4.90 Å². The lowest BCUT2D eigenvalue weighted by molar-refractivity contribution is 0.287. The van der Waals surface area contributed by atoms with Gasteiger partial charge in [0.2, 0.25) is 0 Å². The summed E-state index contributed by atoms with van der Waals surface area (Å²) in [5, 5.41) is 0. The molecular formula is C27H34N2. The fraction of sp³-hybridized carbons (Fsp3) is 0.333. The Kier molecular flexibility index (Phi) is 7.48. The molecule has 1 aliphatic carbocycles. The van der Waals surface area contributed by atoms with Gasteiger partial charge in [0.05, 0.1) is 0 Å². The van der Waals surface area contributed by atoms with E-state index in [1.165, 1.54) is 28.0 Å². The molecule has 0 N–H and O–H groups in total. The Bertz CT molecular complexity index is 852. The van der Waals surface area contributed by atoms with E-state index < -0.39 is 0 Å². The van der Waals surface area contributed by atoms with Crippen LogP contribution >= 0.6 is 0 Å². The molecule has 29 heavy (non-hydrogen) atoms. The van der Waals surface area contributed by atoms with Crippen LogP contribution in [-0.4, -0.2) is 37.1 Å². The summed E-state index contributed by atoms with van der Waals surface area (Å²) in [4.78, 5) is 4.87. The quantitative estimate of drug-likeness (QED) is 0.535. The third kappa shape index (κ3) is 4.89. The Labute approximate surface area is 176 Å².